The Labute approximate surface area is 195 Å². The number of allylic oxidation sites excluding steroid dienone is 2. The van der Waals surface area contributed by atoms with Crippen molar-refractivity contribution in [1.29, 1.82) is 0 Å². The van der Waals surface area contributed by atoms with E-state index < -0.39 is 0 Å². The smallest absolute Gasteiger partial charge is 0.240 e. The molecule has 166 valence electrons. The second-order valence-corrected chi connectivity index (χ2v) is 10.3. The molecule has 2 aromatic carbocycles. The van der Waals surface area contributed by atoms with Gasteiger partial charge in [0.1, 0.15) is 0 Å². The first-order valence-electron chi connectivity index (χ1n) is 11.6. The maximum absolute atomic E-state index is 13.1. The van der Waals surface area contributed by atoms with E-state index in [2.05, 4.69) is 58.4 Å². The number of hydrogen-bond donors (Lipinski definition) is 0. The Morgan fingerprint density at radius 3 is 2.24 bits per heavy atom. The van der Waals surface area contributed by atoms with E-state index in [4.69, 9.17) is 4.74 Å². The van der Waals surface area contributed by atoms with Crippen LogP contribution < -0.4 is 9.80 Å². The van der Waals surface area contributed by atoms with Crippen molar-refractivity contribution in [3.63, 3.8) is 0 Å². The maximum atomic E-state index is 13.1. The Bertz CT molecular complexity index is 1280. The van der Waals surface area contributed by atoms with Crippen LogP contribution in [0.4, 0.5) is 10.8 Å². The van der Waals surface area contributed by atoms with E-state index in [1.54, 1.807) is 0 Å². The van der Waals surface area contributed by atoms with Crippen LogP contribution in [0.2, 0.25) is 0 Å². The van der Waals surface area contributed by atoms with E-state index in [0.29, 0.717) is 5.13 Å². The molecule has 7 heteroatoms. The topological polar surface area (TPSA) is 62.7 Å². The molecule has 3 heterocycles. The molecule has 2 unspecified atom stereocenters. The molecule has 6 nitrogen and oxygen atoms in total. The first-order chi connectivity index (χ1) is 16.2. The Kier molecular flexibility index (Phi) is 4.26. The third-order valence-corrected chi connectivity index (χ3v) is 8.62. The number of benzene rings is 2. The molecule has 7 rings (SSSR count). The predicted molar refractivity (Wildman–Crippen MR) is 128 cm³/mol. The van der Waals surface area contributed by atoms with Crippen LogP contribution in [0.1, 0.15) is 6.42 Å². The fourth-order valence-corrected chi connectivity index (χ4v) is 6.98. The molecule has 2 bridgehead atoms. The molecule has 1 saturated carbocycles. The minimum absolute atomic E-state index is 0.0696. The van der Waals surface area contributed by atoms with Crippen molar-refractivity contribution in [2.75, 3.05) is 36.1 Å². The number of imide groups is 1. The van der Waals surface area contributed by atoms with Crippen LogP contribution in [-0.4, -0.2) is 43.1 Å². The first-order valence-corrected chi connectivity index (χ1v) is 12.4. The molecule has 2 aliphatic carbocycles. The van der Waals surface area contributed by atoms with Gasteiger partial charge in [0.25, 0.3) is 0 Å². The number of morpholine rings is 1. The van der Waals surface area contributed by atoms with Gasteiger partial charge in [-0.25, -0.2) is 9.88 Å². The highest BCUT2D eigenvalue weighted by atomic mass is 32.1. The summed E-state index contributed by atoms with van der Waals surface area (Å²) in [5.41, 5.74) is 4.27. The number of amides is 2. The predicted octanol–water partition coefficient (Wildman–Crippen LogP) is 4.11. The van der Waals surface area contributed by atoms with E-state index >= 15 is 0 Å². The molecule has 2 aliphatic heterocycles. The van der Waals surface area contributed by atoms with Crippen molar-refractivity contribution in [1.82, 2.24) is 4.98 Å². The number of aromatic nitrogens is 1. The lowest BCUT2D eigenvalue weighted by Crippen LogP contribution is -2.36. The standard InChI is InChI=1S/C26H23N3O3S/c30-24-22-17-1-2-18(13-17)23(22)25(31)29(24)26-27-20-8-5-16(14-21(20)33-26)15-3-6-19(7-4-15)28-9-11-32-12-10-28/h1-8,14,17-18,22-23H,9-13H2/t17?,18?,22-,23+. The van der Waals surface area contributed by atoms with Gasteiger partial charge < -0.3 is 9.64 Å². The number of hydrogen-bond acceptors (Lipinski definition) is 6. The molecule has 0 radical (unpaired) electrons. The Morgan fingerprint density at radius 2 is 1.55 bits per heavy atom. The van der Waals surface area contributed by atoms with Crippen LogP contribution in [0.3, 0.4) is 0 Å². The van der Waals surface area contributed by atoms with Crippen LogP contribution >= 0.6 is 11.3 Å². The summed E-state index contributed by atoms with van der Waals surface area (Å²) in [5, 5.41) is 0.508. The highest BCUT2D eigenvalue weighted by molar-refractivity contribution is 7.22. The maximum Gasteiger partial charge on any atom is 0.240 e. The van der Waals surface area contributed by atoms with Gasteiger partial charge in [0, 0.05) is 18.8 Å². The number of ether oxygens (including phenoxy) is 1. The van der Waals surface area contributed by atoms with Crippen LogP contribution in [0.15, 0.2) is 54.6 Å². The molecule has 0 spiro atoms. The average Bonchev–Trinajstić information content (AvgIpc) is 3.62. The minimum Gasteiger partial charge on any atom is -0.378 e. The normalized spacial score (nSPS) is 28.4. The zero-order valence-electron chi connectivity index (χ0n) is 18.0. The molecule has 3 aromatic rings. The molecule has 3 fully saturated rings. The molecule has 4 atom stereocenters. The summed E-state index contributed by atoms with van der Waals surface area (Å²) in [6, 6.07) is 14.8. The summed E-state index contributed by atoms with van der Waals surface area (Å²) >= 11 is 1.43. The highest BCUT2D eigenvalue weighted by Gasteiger charge is 2.60. The third-order valence-electron chi connectivity index (χ3n) is 7.62. The monoisotopic (exact) mass is 457 g/mol. The third kappa shape index (κ3) is 2.92. The van der Waals surface area contributed by atoms with Crippen molar-refractivity contribution < 1.29 is 14.3 Å². The Hall–Kier alpha value is -3.03. The number of nitrogens with zero attached hydrogens (tertiary/aromatic N) is 3. The van der Waals surface area contributed by atoms with Gasteiger partial charge >= 0.3 is 0 Å². The van der Waals surface area contributed by atoms with E-state index in [0.717, 1.165) is 54.1 Å². The first kappa shape index (κ1) is 19.4. The van der Waals surface area contributed by atoms with Crippen molar-refractivity contribution in [3.05, 3.63) is 54.6 Å². The number of anilines is 2. The average molecular weight is 458 g/mol. The van der Waals surface area contributed by atoms with E-state index in [-0.39, 0.29) is 35.5 Å². The van der Waals surface area contributed by atoms with Gasteiger partial charge in [-0.15, -0.1) is 0 Å². The number of thiazole rings is 1. The number of rotatable bonds is 3. The van der Waals surface area contributed by atoms with Crippen LogP contribution in [0.25, 0.3) is 21.3 Å². The second-order valence-electron chi connectivity index (χ2n) is 9.34. The molecule has 33 heavy (non-hydrogen) atoms. The van der Waals surface area contributed by atoms with Gasteiger partial charge in [0.05, 0.1) is 35.3 Å². The summed E-state index contributed by atoms with van der Waals surface area (Å²) in [4.78, 5) is 34.7. The zero-order valence-corrected chi connectivity index (χ0v) is 18.8. The SMILES string of the molecule is O=C1[C@@H]2C3C=CC(C3)[C@@H]2C(=O)N1c1nc2ccc(-c3ccc(N4CCOCC4)cc3)cc2s1. The van der Waals surface area contributed by atoms with E-state index in [1.807, 2.05) is 6.07 Å². The summed E-state index contributed by atoms with van der Waals surface area (Å²) in [5.74, 6) is -0.106. The van der Waals surface area contributed by atoms with Crippen molar-refractivity contribution in [2.45, 2.75) is 6.42 Å². The molecule has 4 aliphatic rings. The summed E-state index contributed by atoms with van der Waals surface area (Å²) < 4.78 is 6.43. The fourth-order valence-electron chi connectivity index (χ4n) is 5.96. The summed E-state index contributed by atoms with van der Waals surface area (Å²) in [6.45, 7) is 3.38. The van der Waals surface area contributed by atoms with Gasteiger partial charge in [0.15, 0.2) is 5.13 Å². The van der Waals surface area contributed by atoms with Crippen LogP contribution in [-0.2, 0) is 14.3 Å². The Morgan fingerprint density at radius 1 is 0.879 bits per heavy atom. The lowest BCUT2D eigenvalue weighted by molar-refractivity contribution is -0.123. The summed E-state index contributed by atoms with van der Waals surface area (Å²) in [6.07, 6.45) is 5.18. The van der Waals surface area contributed by atoms with E-state index in [9.17, 15) is 9.59 Å². The van der Waals surface area contributed by atoms with Gasteiger partial charge in [0.2, 0.25) is 11.8 Å². The lowest BCUT2D eigenvalue weighted by Gasteiger charge is -2.28. The van der Waals surface area contributed by atoms with Gasteiger partial charge in [-0.2, -0.15) is 0 Å². The molecule has 2 saturated heterocycles. The molecular weight excluding hydrogens is 434 g/mol. The van der Waals surface area contributed by atoms with Crippen LogP contribution in [0, 0.1) is 23.7 Å². The second kappa shape index (κ2) is 7.23. The van der Waals surface area contributed by atoms with Crippen molar-refractivity contribution in [2.24, 2.45) is 23.7 Å². The lowest BCUT2D eigenvalue weighted by atomic mass is 9.85. The quantitative estimate of drug-likeness (QED) is 0.438. The van der Waals surface area contributed by atoms with Crippen molar-refractivity contribution >= 4 is 44.2 Å². The minimum atomic E-state index is -0.194. The largest absolute Gasteiger partial charge is 0.378 e. The van der Waals surface area contributed by atoms with E-state index in [1.165, 1.54) is 21.9 Å². The van der Waals surface area contributed by atoms with Gasteiger partial charge in [-0.1, -0.05) is 41.7 Å². The van der Waals surface area contributed by atoms with Gasteiger partial charge in [-0.05, 0) is 53.6 Å². The highest BCUT2D eigenvalue weighted by Crippen LogP contribution is 2.53. The fraction of sp³-hybridized carbons (Fsp3) is 0.346. The van der Waals surface area contributed by atoms with Gasteiger partial charge in [-0.3, -0.25) is 9.59 Å². The number of carbonyl (C=O) groups is 2. The molecule has 2 amide bonds. The molecule has 0 N–H and O–H groups in total. The number of fused-ring (bicyclic) bond motifs is 6. The number of carbonyl (C=O) groups excluding carboxylic acids is 2. The zero-order chi connectivity index (χ0) is 22.1. The molecular formula is C26H23N3O3S. The van der Waals surface area contributed by atoms with Crippen LogP contribution in [0.5, 0.6) is 0 Å². The summed E-state index contributed by atoms with van der Waals surface area (Å²) in [7, 11) is 0. The molecule has 1 aromatic heterocycles. The van der Waals surface area contributed by atoms with Crippen molar-refractivity contribution in [3.8, 4) is 11.1 Å². The Balaban J connectivity index is 1.17.